The monoisotopic (exact) mass is 363 g/mol. The lowest BCUT2D eigenvalue weighted by Crippen LogP contribution is -2.29. The molecule has 0 aliphatic heterocycles. The second kappa shape index (κ2) is 12.0. The average Bonchev–Trinajstić information content (AvgIpc) is 2.64. The SMILES string of the molecule is C=C(C)C(=O)OCCNC(=O)OCCOc1ccc(C(CC)CC)cc1. The standard InChI is InChI=1S/C20H29NO5/c1-5-16(6-2)17-7-9-18(10-8-17)24-13-14-26-20(23)21-11-12-25-19(22)15(3)4/h7-10,16H,3,5-6,11-14H2,1-2,4H3,(H,21,23). The van der Waals surface area contributed by atoms with E-state index in [1.54, 1.807) is 6.92 Å². The fourth-order valence-corrected chi connectivity index (χ4v) is 2.36. The van der Waals surface area contributed by atoms with Crippen molar-refractivity contribution in [1.29, 1.82) is 0 Å². The van der Waals surface area contributed by atoms with E-state index in [0.29, 0.717) is 11.5 Å². The molecule has 1 aromatic rings. The van der Waals surface area contributed by atoms with E-state index >= 15 is 0 Å². The predicted octanol–water partition coefficient (Wildman–Crippen LogP) is 3.81. The number of hydrogen-bond acceptors (Lipinski definition) is 5. The van der Waals surface area contributed by atoms with Crippen molar-refractivity contribution >= 4 is 12.1 Å². The maximum absolute atomic E-state index is 11.5. The van der Waals surface area contributed by atoms with Crippen LogP contribution in [0.15, 0.2) is 36.4 Å². The van der Waals surface area contributed by atoms with Gasteiger partial charge in [-0.1, -0.05) is 32.6 Å². The second-order valence-electron chi connectivity index (χ2n) is 5.91. The zero-order valence-electron chi connectivity index (χ0n) is 15.9. The number of ether oxygens (including phenoxy) is 3. The Hall–Kier alpha value is -2.50. The molecule has 1 rings (SSSR count). The highest BCUT2D eigenvalue weighted by Gasteiger charge is 2.07. The van der Waals surface area contributed by atoms with Gasteiger partial charge >= 0.3 is 12.1 Å². The molecule has 0 saturated heterocycles. The molecule has 6 heteroatoms. The molecule has 0 aliphatic carbocycles. The molecule has 144 valence electrons. The number of hydrogen-bond donors (Lipinski definition) is 1. The van der Waals surface area contributed by atoms with Crippen molar-refractivity contribution in [3.8, 4) is 5.75 Å². The highest BCUT2D eigenvalue weighted by molar-refractivity contribution is 5.86. The van der Waals surface area contributed by atoms with Gasteiger partial charge in [0.25, 0.3) is 0 Å². The summed E-state index contributed by atoms with van der Waals surface area (Å²) in [5.41, 5.74) is 1.63. The quantitative estimate of drug-likeness (QED) is 0.368. The first-order valence-electron chi connectivity index (χ1n) is 8.93. The van der Waals surface area contributed by atoms with Crippen LogP contribution in [-0.4, -0.2) is 38.4 Å². The number of carbonyl (C=O) groups excluding carboxylic acids is 2. The van der Waals surface area contributed by atoms with Gasteiger partial charge in [0.15, 0.2) is 0 Å². The summed E-state index contributed by atoms with van der Waals surface area (Å²) in [6, 6.07) is 8.02. The van der Waals surface area contributed by atoms with E-state index in [1.165, 1.54) is 5.56 Å². The van der Waals surface area contributed by atoms with Crippen LogP contribution in [0.3, 0.4) is 0 Å². The highest BCUT2D eigenvalue weighted by Crippen LogP contribution is 2.24. The van der Waals surface area contributed by atoms with Gasteiger partial charge in [-0.3, -0.25) is 0 Å². The first kappa shape index (κ1) is 21.5. The third-order valence-electron chi connectivity index (χ3n) is 3.88. The van der Waals surface area contributed by atoms with Crippen LogP contribution >= 0.6 is 0 Å². The van der Waals surface area contributed by atoms with Gasteiger partial charge in [-0.15, -0.1) is 0 Å². The maximum Gasteiger partial charge on any atom is 0.407 e. The van der Waals surface area contributed by atoms with Gasteiger partial charge < -0.3 is 19.5 Å². The molecule has 1 N–H and O–H groups in total. The predicted molar refractivity (Wildman–Crippen MR) is 100 cm³/mol. The molecule has 1 aromatic carbocycles. The van der Waals surface area contributed by atoms with Crippen molar-refractivity contribution in [2.75, 3.05) is 26.4 Å². The lowest BCUT2D eigenvalue weighted by molar-refractivity contribution is -0.138. The van der Waals surface area contributed by atoms with Gasteiger partial charge in [-0.05, 0) is 43.4 Å². The number of alkyl carbamates (subject to hydrolysis) is 1. The van der Waals surface area contributed by atoms with E-state index in [2.05, 4.69) is 37.9 Å². The van der Waals surface area contributed by atoms with E-state index in [9.17, 15) is 9.59 Å². The third kappa shape index (κ3) is 8.05. The van der Waals surface area contributed by atoms with Gasteiger partial charge in [0, 0.05) is 5.57 Å². The van der Waals surface area contributed by atoms with Crippen LogP contribution in [0.25, 0.3) is 0 Å². The molecule has 0 radical (unpaired) electrons. The third-order valence-corrected chi connectivity index (χ3v) is 3.88. The van der Waals surface area contributed by atoms with Crippen molar-refractivity contribution in [3.63, 3.8) is 0 Å². The Bertz CT molecular complexity index is 578. The van der Waals surface area contributed by atoms with Crippen molar-refractivity contribution in [3.05, 3.63) is 42.0 Å². The smallest absolute Gasteiger partial charge is 0.407 e. The topological polar surface area (TPSA) is 73.9 Å². The number of esters is 1. The van der Waals surface area contributed by atoms with Gasteiger partial charge in [-0.25, -0.2) is 9.59 Å². The van der Waals surface area contributed by atoms with E-state index in [4.69, 9.17) is 14.2 Å². The average molecular weight is 363 g/mol. The van der Waals surface area contributed by atoms with Crippen LogP contribution in [0.4, 0.5) is 4.79 Å². The lowest BCUT2D eigenvalue weighted by Gasteiger charge is -2.13. The van der Waals surface area contributed by atoms with E-state index in [0.717, 1.165) is 18.6 Å². The summed E-state index contributed by atoms with van der Waals surface area (Å²) in [6.45, 7) is 10.0. The van der Waals surface area contributed by atoms with Crippen molar-refractivity contribution in [2.24, 2.45) is 0 Å². The van der Waals surface area contributed by atoms with Gasteiger partial charge in [0.2, 0.25) is 0 Å². The Morgan fingerprint density at radius 2 is 1.69 bits per heavy atom. The largest absolute Gasteiger partial charge is 0.490 e. The van der Waals surface area contributed by atoms with E-state index in [-0.39, 0.29) is 26.4 Å². The molecule has 0 unspecified atom stereocenters. The molecule has 1 amide bonds. The molecule has 0 spiro atoms. The van der Waals surface area contributed by atoms with Crippen molar-refractivity contribution < 1.29 is 23.8 Å². The number of nitrogens with one attached hydrogen (secondary N) is 1. The Balaban J connectivity index is 2.17. The molecule has 26 heavy (non-hydrogen) atoms. The molecule has 0 saturated carbocycles. The zero-order valence-corrected chi connectivity index (χ0v) is 15.9. The van der Waals surface area contributed by atoms with Crippen LogP contribution in [0.1, 0.15) is 45.1 Å². The Morgan fingerprint density at radius 3 is 2.27 bits per heavy atom. The second-order valence-corrected chi connectivity index (χ2v) is 5.91. The van der Waals surface area contributed by atoms with E-state index < -0.39 is 12.1 Å². The normalized spacial score (nSPS) is 10.3. The molecule has 0 atom stereocenters. The Labute approximate surface area is 155 Å². The molecule has 0 aromatic heterocycles. The summed E-state index contributed by atoms with van der Waals surface area (Å²) < 4.78 is 15.4. The fraction of sp³-hybridized carbons (Fsp3) is 0.500. The number of benzene rings is 1. The van der Waals surface area contributed by atoms with Gasteiger partial charge in [-0.2, -0.15) is 0 Å². The van der Waals surface area contributed by atoms with Crippen LogP contribution in [0.2, 0.25) is 0 Å². The van der Waals surface area contributed by atoms with Crippen LogP contribution < -0.4 is 10.1 Å². The molecule has 0 aliphatic rings. The summed E-state index contributed by atoms with van der Waals surface area (Å²) in [5.74, 6) is 0.838. The zero-order chi connectivity index (χ0) is 19.4. The maximum atomic E-state index is 11.5. The van der Waals surface area contributed by atoms with Crippen molar-refractivity contribution in [1.82, 2.24) is 5.32 Å². The summed E-state index contributed by atoms with van der Waals surface area (Å²) in [5, 5.41) is 2.48. The first-order valence-corrected chi connectivity index (χ1v) is 8.93. The Kier molecular flexibility index (Phi) is 9.90. The summed E-state index contributed by atoms with van der Waals surface area (Å²) in [6.07, 6.45) is 1.65. The summed E-state index contributed by atoms with van der Waals surface area (Å²) in [7, 11) is 0. The Morgan fingerprint density at radius 1 is 1.04 bits per heavy atom. The van der Waals surface area contributed by atoms with Gasteiger partial charge in [0.05, 0.1) is 6.54 Å². The van der Waals surface area contributed by atoms with Crippen LogP contribution in [0, 0.1) is 0 Å². The molecule has 0 fully saturated rings. The molecule has 0 bridgehead atoms. The molecule has 0 heterocycles. The van der Waals surface area contributed by atoms with Gasteiger partial charge in [0.1, 0.15) is 25.6 Å². The number of amides is 1. The summed E-state index contributed by atoms with van der Waals surface area (Å²) >= 11 is 0. The first-order chi connectivity index (χ1) is 12.5. The minimum absolute atomic E-state index is 0.0696. The molecular formula is C20H29NO5. The highest BCUT2D eigenvalue weighted by atomic mass is 16.6. The lowest BCUT2D eigenvalue weighted by atomic mass is 9.94. The van der Waals surface area contributed by atoms with Crippen molar-refractivity contribution in [2.45, 2.75) is 39.5 Å². The molecular weight excluding hydrogens is 334 g/mol. The number of rotatable bonds is 11. The minimum atomic E-state index is -0.580. The van der Waals surface area contributed by atoms with Crippen LogP contribution in [0.5, 0.6) is 5.75 Å². The minimum Gasteiger partial charge on any atom is -0.490 e. The summed E-state index contributed by atoms with van der Waals surface area (Å²) in [4.78, 5) is 22.6. The van der Waals surface area contributed by atoms with Crippen LogP contribution in [-0.2, 0) is 14.3 Å². The molecule has 6 nitrogen and oxygen atoms in total. The number of carbonyl (C=O) groups is 2. The fourth-order valence-electron chi connectivity index (χ4n) is 2.36. The van der Waals surface area contributed by atoms with E-state index in [1.807, 2.05) is 12.1 Å².